The van der Waals surface area contributed by atoms with E-state index in [1.807, 2.05) is 11.8 Å². The number of amides is 3. The number of piperidine rings is 1. The molecule has 172 valence electrons. The summed E-state index contributed by atoms with van der Waals surface area (Å²) < 4.78 is 5.40. The van der Waals surface area contributed by atoms with Crippen molar-refractivity contribution in [2.45, 2.75) is 26.7 Å². The van der Waals surface area contributed by atoms with Gasteiger partial charge in [0.1, 0.15) is 16.5 Å². The van der Waals surface area contributed by atoms with E-state index in [1.165, 1.54) is 0 Å². The topological polar surface area (TPSA) is 79.0 Å². The first-order chi connectivity index (χ1) is 15.9. The number of benzene rings is 2. The van der Waals surface area contributed by atoms with E-state index in [0.29, 0.717) is 35.2 Å². The van der Waals surface area contributed by atoms with Crippen LogP contribution in [0.2, 0.25) is 0 Å². The molecular formula is C25H26ClN3O4. The van der Waals surface area contributed by atoms with Gasteiger partial charge < -0.3 is 15.0 Å². The Morgan fingerprint density at radius 1 is 1.09 bits per heavy atom. The lowest BCUT2D eigenvalue weighted by atomic mass is 9.99. The minimum absolute atomic E-state index is 0.000478. The molecule has 0 aromatic heterocycles. The maximum Gasteiger partial charge on any atom is 0.283 e. The number of rotatable bonds is 6. The molecule has 0 aliphatic carbocycles. The van der Waals surface area contributed by atoms with Gasteiger partial charge in [0.2, 0.25) is 0 Å². The van der Waals surface area contributed by atoms with Gasteiger partial charge in [-0.3, -0.25) is 14.4 Å². The number of ether oxygens (including phenoxy) is 1. The highest BCUT2D eigenvalue weighted by atomic mass is 35.5. The number of carbonyl (C=O) groups is 3. The standard InChI is InChI=1S/C25H26ClN3O4/c1-3-33-20-12-10-19(11-13-20)29-24(31)21(26)22(25(29)32)27-18-8-6-17(7-9-18)23(30)28-14-4-5-16(2)15-28/h6-13,16,27H,3-5,14-15H2,1-2H3. The van der Waals surface area contributed by atoms with Gasteiger partial charge in [-0.2, -0.15) is 0 Å². The minimum Gasteiger partial charge on any atom is -0.494 e. The van der Waals surface area contributed by atoms with Crippen LogP contribution >= 0.6 is 11.6 Å². The van der Waals surface area contributed by atoms with Crippen molar-refractivity contribution < 1.29 is 19.1 Å². The van der Waals surface area contributed by atoms with Gasteiger partial charge >= 0.3 is 0 Å². The molecule has 3 amide bonds. The lowest BCUT2D eigenvalue weighted by Gasteiger charge is -2.31. The summed E-state index contributed by atoms with van der Waals surface area (Å²) in [6.45, 7) is 6.08. The van der Waals surface area contributed by atoms with E-state index in [0.717, 1.165) is 30.8 Å². The summed E-state index contributed by atoms with van der Waals surface area (Å²) in [7, 11) is 0. The highest BCUT2D eigenvalue weighted by Crippen LogP contribution is 2.31. The van der Waals surface area contributed by atoms with E-state index in [9.17, 15) is 14.4 Å². The van der Waals surface area contributed by atoms with Crippen LogP contribution in [0.1, 0.15) is 37.0 Å². The van der Waals surface area contributed by atoms with Crippen molar-refractivity contribution in [1.29, 1.82) is 0 Å². The van der Waals surface area contributed by atoms with Crippen molar-refractivity contribution in [3.8, 4) is 5.75 Å². The predicted molar refractivity (Wildman–Crippen MR) is 127 cm³/mol. The second kappa shape index (κ2) is 9.67. The molecule has 0 spiro atoms. The third-order valence-corrected chi connectivity index (χ3v) is 6.13. The summed E-state index contributed by atoms with van der Waals surface area (Å²) in [5.41, 5.74) is 1.54. The molecule has 2 aromatic carbocycles. The van der Waals surface area contributed by atoms with Gasteiger partial charge in [-0.05, 0) is 74.2 Å². The molecule has 1 N–H and O–H groups in total. The Kier molecular flexibility index (Phi) is 6.70. The third-order valence-electron chi connectivity index (χ3n) is 5.78. The second-order valence-corrected chi connectivity index (χ2v) is 8.64. The fraction of sp³-hybridized carbons (Fsp3) is 0.320. The Balaban J connectivity index is 1.46. The summed E-state index contributed by atoms with van der Waals surface area (Å²) in [5, 5.41) is 2.76. The van der Waals surface area contributed by atoms with Crippen LogP contribution in [-0.4, -0.2) is 42.3 Å². The van der Waals surface area contributed by atoms with Crippen molar-refractivity contribution in [2.24, 2.45) is 5.92 Å². The Morgan fingerprint density at radius 3 is 2.42 bits per heavy atom. The second-order valence-electron chi connectivity index (χ2n) is 8.26. The molecular weight excluding hydrogens is 442 g/mol. The van der Waals surface area contributed by atoms with E-state index >= 15 is 0 Å². The summed E-state index contributed by atoms with van der Waals surface area (Å²) in [4.78, 5) is 41.3. The zero-order valence-corrected chi connectivity index (χ0v) is 19.4. The van der Waals surface area contributed by atoms with Gasteiger partial charge in [0.05, 0.1) is 12.3 Å². The molecule has 1 saturated heterocycles. The fourth-order valence-corrected chi connectivity index (χ4v) is 4.31. The van der Waals surface area contributed by atoms with Gasteiger partial charge in [-0.1, -0.05) is 18.5 Å². The number of likely N-dealkylation sites (tertiary alicyclic amines) is 1. The Hall–Kier alpha value is -3.32. The monoisotopic (exact) mass is 467 g/mol. The number of halogens is 1. The van der Waals surface area contributed by atoms with Crippen LogP contribution < -0.4 is 15.0 Å². The molecule has 8 heteroatoms. The molecule has 1 fully saturated rings. The van der Waals surface area contributed by atoms with Crippen LogP contribution in [0.3, 0.4) is 0 Å². The van der Waals surface area contributed by atoms with Gasteiger partial charge in [-0.25, -0.2) is 4.90 Å². The molecule has 2 heterocycles. The first-order valence-corrected chi connectivity index (χ1v) is 11.4. The van der Waals surface area contributed by atoms with Crippen molar-refractivity contribution >= 4 is 40.7 Å². The molecule has 33 heavy (non-hydrogen) atoms. The van der Waals surface area contributed by atoms with Gasteiger partial charge in [0.15, 0.2) is 0 Å². The van der Waals surface area contributed by atoms with Crippen molar-refractivity contribution in [2.75, 3.05) is 29.9 Å². The van der Waals surface area contributed by atoms with E-state index in [4.69, 9.17) is 16.3 Å². The largest absolute Gasteiger partial charge is 0.494 e. The molecule has 0 saturated carbocycles. The van der Waals surface area contributed by atoms with Crippen LogP contribution in [0.15, 0.2) is 59.3 Å². The molecule has 1 atom stereocenters. The first-order valence-electron chi connectivity index (χ1n) is 11.1. The zero-order chi connectivity index (χ0) is 23.5. The maximum absolute atomic E-state index is 13.0. The Morgan fingerprint density at radius 2 is 1.79 bits per heavy atom. The first kappa shape index (κ1) is 22.9. The number of hydrogen-bond acceptors (Lipinski definition) is 5. The smallest absolute Gasteiger partial charge is 0.283 e. The average molecular weight is 468 g/mol. The average Bonchev–Trinajstić information content (AvgIpc) is 3.03. The van der Waals surface area contributed by atoms with E-state index < -0.39 is 11.8 Å². The maximum atomic E-state index is 13.0. The van der Waals surface area contributed by atoms with E-state index in [-0.39, 0.29) is 16.6 Å². The van der Waals surface area contributed by atoms with Crippen LogP contribution in [0.5, 0.6) is 5.75 Å². The van der Waals surface area contributed by atoms with E-state index in [2.05, 4.69) is 12.2 Å². The Bertz CT molecular complexity index is 1100. The highest BCUT2D eigenvalue weighted by Gasteiger charge is 2.39. The normalized spacial score (nSPS) is 18.7. The molecule has 7 nitrogen and oxygen atoms in total. The van der Waals surface area contributed by atoms with Crippen molar-refractivity contribution in [3.05, 3.63) is 64.8 Å². The lowest BCUT2D eigenvalue weighted by Crippen LogP contribution is -2.39. The number of carbonyl (C=O) groups excluding carboxylic acids is 3. The number of anilines is 2. The Labute approximate surface area is 198 Å². The molecule has 1 unspecified atom stereocenters. The van der Waals surface area contributed by atoms with Crippen molar-refractivity contribution in [1.82, 2.24) is 4.90 Å². The number of nitrogens with one attached hydrogen (secondary N) is 1. The molecule has 2 aromatic rings. The van der Waals surface area contributed by atoms with Crippen molar-refractivity contribution in [3.63, 3.8) is 0 Å². The lowest BCUT2D eigenvalue weighted by molar-refractivity contribution is -0.120. The quantitative estimate of drug-likeness (QED) is 0.637. The highest BCUT2D eigenvalue weighted by molar-refractivity contribution is 6.53. The van der Waals surface area contributed by atoms with Crippen LogP contribution in [0, 0.1) is 5.92 Å². The fourth-order valence-electron chi connectivity index (χ4n) is 4.10. The third kappa shape index (κ3) is 4.73. The number of imide groups is 1. The number of hydrogen-bond donors (Lipinski definition) is 1. The summed E-state index contributed by atoms with van der Waals surface area (Å²) in [5.74, 6) is 0.00320. The predicted octanol–water partition coefficient (Wildman–Crippen LogP) is 4.39. The summed E-state index contributed by atoms with van der Waals surface area (Å²) in [6.07, 6.45) is 2.16. The SMILES string of the molecule is CCOc1ccc(N2C(=O)C(Cl)=C(Nc3ccc(C(=O)N4CCCC(C)C4)cc3)C2=O)cc1. The molecule has 2 aliphatic rings. The van der Waals surface area contributed by atoms with Crippen LogP contribution in [0.25, 0.3) is 0 Å². The molecule has 2 aliphatic heterocycles. The zero-order valence-electron chi connectivity index (χ0n) is 18.6. The van der Waals surface area contributed by atoms with Gasteiger partial charge in [-0.15, -0.1) is 0 Å². The van der Waals surface area contributed by atoms with Crippen LogP contribution in [0.4, 0.5) is 11.4 Å². The minimum atomic E-state index is -0.598. The molecule has 0 radical (unpaired) electrons. The van der Waals surface area contributed by atoms with Gasteiger partial charge in [0.25, 0.3) is 17.7 Å². The summed E-state index contributed by atoms with van der Waals surface area (Å²) >= 11 is 6.22. The molecule has 0 bridgehead atoms. The summed E-state index contributed by atoms with van der Waals surface area (Å²) in [6, 6.07) is 13.5. The van der Waals surface area contributed by atoms with Crippen LogP contribution in [-0.2, 0) is 9.59 Å². The molecule has 4 rings (SSSR count). The van der Waals surface area contributed by atoms with Gasteiger partial charge in [0, 0.05) is 24.3 Å². The van der Waals surface area contributed by atoms with E-state index in [1.54, 1.807) is 48.5 Å². The number of nitrogens with zero attached hydrogens (tertiary/aromatic N) is 2.